The second-order valence-electron chi connectivity index (χ2n) is 11.7. The van der Waals surface area contributed by atoms with Crippen molar-refractivity contribution in [1.29, 1.82) is 0 Å². The highest BCUT2D eigenvalue weighted by atomic mass is 16.5. The smallest absolute Gasteiger partial charge is 0.163 e. The molecule has 0 radical (unpaired) electrons. The summed E-state index contributed by atoms with van der Waals surface area (Å²) in [5.41, 5.74) is 13.2. The lowest BCUT2D eigenvalue weighted by Crippen LogP contribution is -2.15. The Kier molecular flexibility index (Phi) is 13.0. The van der Waals surface area contributed by atoms with Crippen molar-refractivity contribution in [3.8, 4) is 11.5 Å². The van der Waals surface area contributed by atoms with Gasteiger partial charge in [0.1, 0.15) is 11.6 Å². The molecule has 230 valence electrons. The van der Waals surface area contributed by atoms with Crippen molar-refractivity contribution in [2.45, 2.75) is 72.1 Å². The molecular weight excluding hydrogens is 538 g/mol. The molecule has 0 spiro atoms. The van der Waals surface area contributed by atoms with Crippen LogP contribution in [0.15, 0.2) is 48.7 Å². The van der Waals surface area contributed by atoms with E-state index in [9.17, 15) is 14.7 Å². The van der Waals surface area contributed by atoms with Crippen molar-refractivity contribution < 1.29 is 19.4 Å². The van der Waals surface area contributed by atoms with E-state index in [2.05, 4.69) is 49.3 Å². The number of carbonyl (C=O) groups excluding carboxylic acids is 2. The number of allylic oxidation sites excluding steroid dienone is 1. The van der Waals surface area contributed by atoms with Crippen molar-refractivity contribution in [1.82, 2.24) is 10.3 Å². The number of aromatic nitrogens is 1. The highest BCUT2D eigenvalue weighted by molar-refractivity contribution is 6.06. The van der Waals surface area contributed by atoms with Crippen LogP contribution in [-0.2, 0) is 22.4 Å². The van der Waals surface area contributed by atoms with Crippen LogP contribution >= 0.6 is 0 Å². The van der Waals surface area contributed by atoms with Crippen LogP contribution in [0.5, 0.6) is 11.5 Å². The van der Waals surface area contributed by atoms with Crippen molar-refractivity contribution in [2.75, 3.05) is 26.4 Å². The Labute approximate surface area is 256 Å². The Bertz CT molecular complexity index is 1410. The minimum Gasteiger partial charge on any atom is -0.504 e. The van der Waals surface area contributed by atoms with Crippen LogP contribution in [-0.4, -0.2) is 42.4 Å². The van der Waals surface area contributed by atoms with Crippen molar-refractivity contribution in [3.63, 3.8) is 0 Å². The number of nitrogen functional groups attached to an aromatic ring is 1. The summed E-state index contributed by atoms with van der Waals surface area (Å²) in [5, 5.41) is 13.7. The van der Waals surface area contributed by atoms with Gasteiger partial charge in [0.2, 0.25) is 0 Å². The summed E-state index contributed by atoms with van der Waals surface area (Å²) < 4.78 is 5.32. The minimum absolute atomic E-state index is 0.00960. The molecule has 0 aliphatic rings. The van der Waals surface area contributed by atoms with Gasteiger partial charge in [0.05, 0.1) is 13.5 Å². The molecule has 7 heteroatoms. The third-order valence-electron chi connectivity index (χ3n) is 7.59. The van der Waals surface area contributed by atoms with E-state index in [4.69, 9.17) is 10.5 Å². The maximum absolute atomic E-state index is 12.7. The summed E-state index contributed by atoms with van der Waals surface area (Å²) in [6.45, 7) is 7.38. The summed E-state index contributed by atoms with van der Waals surface area (Å²) in [6.07, 6.45) is 10.3. The van der Waals surface area contributed by atoms with E-state index in [-0.39, 0.29) is 23.7 Å². The Hall–Kier alpha value is -3.97. The van der Waals surface area contributed by atoms with E-state index < -0.39 is 0 Å². The molecule has 0 amide bonds. The van der Waals surface area contributed by atoms with Crippen LogP contribution < -0.4 is 15.8 Å². The standard InChI is InChI=1S/C36H47N3O4/c1-24(22-38-4)9-7-6-8-10-32(40)21-33(41)12-11-29-20-35(43-5)34(42)19-30(29)17-28-18-31(36(37)39-23-28)16-27-14-25(2)13-26(3)15-27/h11-15,18-20,23-24,38,42H,6-10,16-17,21-22H2,1-5H3,(H2,37,39)/t24-/m1/s1. The van der Waals surface area contributed by atoms with Gasteiger partial charge in [-0.05, 0) is 105 Å². The SMILES string of the molecule is CNC[C@H](C)CCCCCC(=O)CC(=O)C=Cc1cc(OC)c(O)cc1Cc1cnc(N)c(Cc2cc(C)cc(C)c2)c1. The molecule has 7 nitrogen and oxygen atoms in total. The van der Waals surface area contributed by atoms with Crippen LogP contribution in [0.25, 0.3) is 6.08 Å². The number of phenols is 1. The summed E-state index contributed by atoms with van der Waals surface area (Å²) in [7, 11) is 3.44. The van der Waals surface area contributed by atoms with Crippen LogP contribution in [0, 0.1) is 19.8 Å². The van der Waals surface area contributed by atoms with Gasteiger partial charge >= 0.3 is 0 Å². The number of nitrogens with zero attached hydrogens (tertiary/aromatic N) is 1. The van der Waals surface area contributed by atoms with Crippen molar-refractivity contribution in [3.05, 3.63) is 87.6 Å². The molecule has 1 atom stereocenters. The molecule has 2 aromatic carbocycles. The molecule has 0 bridgehead atoms. The Balaban J connectivity index is 1.68. The molecule has 43 heavy (non-hydrogen) atoms. The zero-order valence-corrected chi connectivity index (χ0v) is 26.3. The molecular formula is C36H47N3O4. The van der Waals surface area contributed by atoms with Crippen LogP contribution in [0.3, 0.4) is 0 Å². The van der Waals surface area contributed by atoms with Crippen LogP contribution in [0.4, 0.5) is 5.82 Å². The number of aromatic hydroxyl groups is 1. The molecule has 0 saturated heterocycles. The van der Waals surface area contributed by atoms with Crippen molar-refractivity contribution in [2.24, 2.45) is 5.92 Å². The Morgan fingerprint density at radius 1 is 1.00 bits per heavy atom. The zero-order chi connectivity index (χ0) is 31.4. The quantitative estimate of drug-likeness (QED) is 0.0938. The number of hydrogen-bond donors (Lipinski definition) is 3. The molecule has 0 saturated carbocycles. The van der Waals surface area contributed by atoms with Gasteiger partial charge in [0, 0.05) is 19.0 Å². The van der Waals surface area contributed by atoms with E-state index in [0.717, 1.165) is 54.5 Å². The second-order valence-corrected chi connectivity index (χ2v) is 11.7. The Morgan fingerprint density at radius 3 is 2.42 bits per heavy atom. The van der Waals surface area contributed by atoms with Gasteiger partial charge in [0.25, 0.3) is 0 Å². The number of aryl methyl sites for hydroxylation is 2. The zero-order valence-electron chi connectivity index (χ0n) is 26.3. The Morgan fingerprint density at radius 2 is 1.72 bits per heavy atom. The average molecular weight is 586 g/mol. The topological polar surface area (TPSA) is 115 Å². The summed E-state index contributed by atoms with van der Waals surface area (Å²) >= 11 is 0. The third kappa shape index (κ3) is 11.0. The van der Waals surface area contributed by atoms with E-state index in [1.165, 1.54) is 29.9 Å². The number of carbonyl (C=O) groups is 2. The number of Topliss-reactive ketones (excluding diaryl/α,β-unsaturated/α-hetero) is 1. The van der Waals surface area contributed by atoms with E-state index in [0.29, 0.717) is 36.7 Å². The molecule has 0 unspecified atom stereocenters. The number of anilines is 1. The number of ether oxygens (including phenoxy) is 1. The molecule has 1 heterocycles. The number of ketones is 2. The number of rotatable bonds is 17. The maximum Gasteiger partial charge on any atom is 0.163 e. The number of hydrogen-bond acceptors (Lipinski definition) is 7. The molecule has 0 aliphatic carbocycles. The van der Waals surface area contributed by atoms with Gasteiger partial charge in [0.15, 0.2) is 17.3 Å². The molecule has 0 fully saturated rings. The van der Waals surface area contributed by atoms with Gasteiger partial charge < -0.3 is 20.9 Å². The summed E-state index contributed by atoms with van der Waals surface area (Å²) in [6, 6.07) is 11.8. The first-order valence-electron chi connectivity index (χ1n) is 15.2. The number of nitrogens with one attached hydrogen (secondary N) is 1. The van der Waals surface area contributed by atoms with Gasteiger partial charge in [-0.25, -0.2) is 4.98 Å². The number of phenolic OH excluding ortho intramolecular Hbond substituents is 1. The van der Waals surface area contributed by atoms with Crippen LogP contribution in [0.1, 0.15) is 84.4 Å². The van der Waals surface area contributed by atoms with E-state index in [1.54, 1.807) is 24.4 Å². The summed E-state index contributed by atoms with van der Waals surface area (Å²) in [4.78, 5) is 29.5. The number of benzene rings is 2. The normalized spacial score (nSPS) is 12.0. The average Bonchev–Trinajstić information content (AvgIpc) is 2.94. The highest BCUT2D eigenvalue weighted by Gasteiger charge is 2.13. The maximum atomic E-state index is 12.7. The molecule has 3 aromatic rings. The minimum atomic E-state index is -0.240. The number of methoxy groups -OCH3 is 1. The molecule has 1 aromatic heterocycles. The first kappa shape index (κ1) is 33.5. The van der Waals surface area contributed by atoms with Crippen LogP contribution in [0.2, 0.25) is 0 Å². The summed E-state index contributed by atoms with van der Waals surface area (Å²) in [5.74, 6) is 1.15. The molecule has 3 rings (SSSR count). The number of pyridine rings is 1. The van der Waals surface area contributed by atoms with Gasteiger partial charge in [-0.2, -0.15) is 0 Å². The van der Waals surface area contributed by atoms with Gasteiger partial charge in [-0.15, -0.1) is 0 Å². The lowest BCUT2D eigenvalue weighted by Gasteiger charge is -2.13. The van der Waals surface area contributed by atoms with Gasteiger partial charge in [-0.3, -0.25) is 9.59 Å². The predicted octanol–water partition coefficient (Wildman–Crippen LogP) is 6.52. The largest absolute Gasteiger partial charge is 0.504 e. The fourth-order valence-corrected chi connectivity index (χ4v) is 5.49. The molecule has 0 aliphatic heterocycles. The monoisotopic (exact) mass is 585 g/mol. The predicted molar refractivity (Wildman–Crippen MR) is 175 cm³/mol. The van der Waals surface area contributed by atoms with E-state index >= 15 is 0 Å². The second kappa shape index (κ2) is 16.6. The first-order chi connectivity index (χ1) is 20.6. The van der Waals surface area contributed by atoms with Crippen molar-refractivity contribution >= 4 is 23.5 Å². The van der Waals surface area contributed by atoms with E-state index in [1.807, 2.05) is 13.1 Å². The molecule has 4 N–H and O–H groups in total. The lowest BCUT2D eigenvalue weighted by molar-refractivity contribution is -0.124. The number of unbranched alkanes of at least 4 members (excludes halogenated alkanes) is 2. The fourth-order valence-electron chi connectivity index (χ4n) is 5.49. The highest BCUT2D eigenvalue weighted by Crippen LogP contribution is 2.32. The number of nitrogens with two attached hydrogens (primary N) is 1. The fraction of sp³-hybridized carbons (Fsp3) is 0.417. The lowest BCUT2D eigenvalue weighted by atomic mass is 9.96. The first-order valence-corrected chi connectivity index (χ1v) is 15.2. The third-order valence-corrected chi connectivity index (χ3v) is 7.59. The van der Waals surface area contributed by atoms with Gasteiger partial charge in [-0.1, -0.05) is 55.2 Å².